The average Bonchev–Trinajstić information content (AvgIpc) is 2.96. The van der Waals surface area contributed by atoms with Gasteiger partial charge in [0.05, 0.1) is 6.61 Å². The van der Waals surface area contributed by atoms with Gasteiger partial charge >= 0.3 is 0 Å². The van der Waals surface area contributed by atoms with Gasteiger partial charge in [0.1, 0.15) is 0 Å². The van der Waals surface area contributed by atoms with E-state index < -0.39 is 0 Å². The quantitative estimate of drug-likeness (QED) is 0.769. The Kier molecular flexibility index (Phi) is 5.62. The number of nitrogens with two attached hydrogens (primary N) is 1. The summed E-state index contributed by atoms with van der Waals surface area (Å²) in [6.07, 6.45) is 17.7. The van der Waals surface area contributed by atoms with E-state index in [-0.39, 0.29) is 6.61 Å². The Morgan fingerprint density at radius 1 is 1.26 bits per heavy atom. The number of aliphatic hydroxyl groups excluding tert-OH is 1. The molecule has 2 aliphatic carbocycles. The van der Waals surface area contributed by atoms with Gasteiger partial charge in [-0.05, 0) is 55.6 Å². The highest BCUT2D eigenvalue weighted by Crippen LogP contribution is 2.32. The molecule has 0 spiro atoms. The molecule has 0 fully saturated rings. The fourth-order valence-electron chi connectivity index (χ4n) is 3.06. The van der Waals surface area contributed by atoms with E-state index in [1.54, 1.807) is 0 Å². The molecule has 0 saturated carbocycles. The first-order chi connectivity index (χ1) is 9.35. The van der Waals surface area contributed by atoms with Crippen LogP contribution in [-0.4, -0.2) is 18.3 Å². The lowest BCUT2D eigenvalue weighted by atomic mass is 9.84. The lowest BCUT2D eigenvalue weighted by molar-refractivity contribution is 0.341. The summed E-state index contributed by atoms with van der Waals surface area (Å²) in [6.45, 7) is 0.800. The van der Waals surface area contributed by atoms with Crippen molar-refractivity contribution in [2.45, 2.75) is 38.5 Å². The predicted molar refractivity (Wildman–Crippen MR) is 80.7 cm³/mol. The van der Waals surface area contributed by atoms with E-state index in [4.69, 9.17) is 5.73 Å². The molecule has 19 heavy (non-hydrogen) atoms. The lowest BCUT2D eigenvalue weighted by Gasteiger charge is -2.22. The predicted octanol–water partition coefficient (Wildman–Crippen LogP) is 3.26. The van der Waals surface area contributed by atoms with Crippen LogP contribution < -0.4 is 5.73 Å². The van der Waals surface area contributed by atoms with Gasteiger partial charge in [-0.15, -0.1) is 0 Å². The molecule has 0 aromatic carbocycles. The number of hydrogen-bond donors (Lipinski definition) is 2. The van der Waals surface area contributed by atoms with Crippen molar-refractivity contribution in [3.8, 4) is 0 Å². The third-order valence-electron chi connectivity index (χ3n) is 4.13. The molecule has 0 amide bonds. The minimum Gasteiger partial charge on any atom is -0.392 e. The summed E-state index contributed by atoms with van der Waals surface area (Å²) in [5, 5.41) is 9.26. The molecular weight excluding hydrogens is 234 g/mol. The first-order valence-corrected chi connectivity index (χ1v) is 7.41. The Morgan fingerprint density at radius 2 is 2.00 bits per heavy atom. The van der Waals surface area contributed by atoms with Crippen molar-refractivity contribution in [2.24, 2.45) is 11.7 Å². The van der Waals surface area contributed by atoms with Crippen LogP contribution in [0, 0.1) is 5.92 Å². The molecule has 0 atom stereocenters. The smallest absolute Gasteiger partial charge is 0.0618 e. The maximum atomic E-state index is 9.26. The van der Waals surface area contributed by atoms with Gasteiger partial charge in [0, 0.05) is 6.54 Å². The Labute approximate surface area is 116 Å². The van der Waals surface area contributed by atoms with Crippen LogP contribution in [0.5, 0.6) is 0 Å². The van der Waals surface area contributed by atoms with Crippen molar-refractivity contribution in [1.82, 2.24) is 0 Å². The Hall–Kier alpha value is -1.12. The van der Waals surface area contributed by atoms with Gasteiger partial charge < -0.3 is 10.8 Å². The standard InChI is InChI=1S/C17H25NO/c18-13-16-7-3-4-8-17(16)15(11-12-19)10-9-14-5-1-2-6-14/h1-2,5-6,11,14,19H,3-4,7-10,12-13,18H2/b15-11-. The summed E-state index contributed by atoms with van der Waals surface area (Å²) >= 11 is 0. The molecule has 0 radical (unpaired) electrons. The maximum Gasteiger partial charge on any atom is 0.0618 e. The SMILES string of the molecule is NCC1=C(/C(=C\CO)CCC2C=CC=C2)CCCC1. The summed E-state index contributed by atoms with van der Waals surface area (Å²) in [5.74, 6) is 0.563. The summed E-state index contributed by atoms with van der Waals surface area (Å²) in [6, 6.07) is 0. The Balaban J connectivity index is 2.06. The number of hydrogen-bond acceptors (Lipinski definition) is 2. The van der Waals surface area contributed by atoms with Crippen molar-refractivity contribution in [1.29, 1.82) is 0 Å². The second-order valence-electron chi connectivity index (χ2n) is 5.38. The van der Waals surface area contributed by atoms with E-state index in [0.717, 1.165) is 25.7 Å². The minimum atomic E-state index is 0.132. The normalized spacial score (nSPS) is 20.6. The fraction of sp³-hybridized carbons (Fsp3) is 0.529. The summed E-state index contributed by atoms with van der Waals surface area (Å²) in [5.41, 5.74) is 10.1. The van der Waals surface area contributed by atoms with E-state index in [9.17, 15) is 5.11 Å². The molecule has 2 heteroatoms. The summed E-state index contributed by atoms with van der Waals surface area (Å²) in [7, 11) is 0. The summed E-state index contributed by atoms with van der Waals surface area (Å²) < 4.78 is 0. The van der Waals surface area contributed by atoms with Crippen molar-refractivity contribution in [3.05, 3.63) is 47.1 Å². The van der Waals surface area contributed by atoms with Crippen molar-refractivity contribution < 1.29 is 5.11 Å². The zero-order valence-corrected chi connectivity index (χ0v) is 11.6. The lowest BCUT2D eigenvalue weighted by Crippen LogP contribution is -2.12. The second-order valence-corrected chi connectivity index (χ2v) is 5.38. The highest BCUT2D eigenvalue weighted by Gasteiger charge is 2.16. The molecule has 0 saturated heterocycles. The molecule has 3 N–H and O–H groups in total. The van der Waals surface area contributed by atoms with Gasteiger partial charge in [-0.2, -0.15) is 0 Å². The van der Waals surface area contributed by atoms with Crippen molar-refractivity contribution >= 4 is 0 Å². The molecule has 0 aromatic heterocycles. The highest BCUT2D eigenvalue weighted by atomic mass is 16.2. The molecule has 104 valence electrons. The van der Waals surface area contributed by atoms with Gasteiger partial charge in [-0.1, -0.05) is 36.0 Å². The molecular formula is C17H25NO. The highest BCUT2D eigenvalue weighted by molar-refractivity contribution is 5.37. The second kappa shape index (κ2) is 7.46. The van der Waals surface area contributed by atoms with Gasteiger partial charge in [0.25, 0.3) is 0 Å². The number of rotatable bonds is 6. The molecule has 0 heterocycles. The van der Waals surface area contributed by atoms with Gasteiger partial charge in [0.2, 0.25) is 0 Å². The monoisotopic (exact) mass is 259 g/mol. The fourth-order valence-corrected chi connectivity index (χ4v) is 3.06. The molecule has 0 aliphatic heterocycles. The molecule has 2 aliphatic rings. The van der Waals surface area contributed by atoms with E-state index in [2.05, 4.69) is 24.3 Å². The zero-order valence-electron chi connectivity index (χ0n) is 11.6. The van der Waals surface area contributed by atoms with Gasteiger partial charge in [-0.25, -0.2) is 0 Å². The van der Waals surface area contributed by atoms with Crippen LogP contribution in [-0.2, 0) is 0 Å². The third kappa shape index (κ3) is 3.92. The van der Waals surface area contributed by atoms with Crippen molar-refractivity contribution in [3.63, 3.8) is 0 Å². The maximum absolute atomic E-state index is 9.26. The third-order valence-corrected chi connectivity index (χ3v) is 4.13. The molecule has 0 unspecified atom stereocenters. The van der Waals surface area contributed by atoms with Crippen molar-refractivity contribution in [2.75, 3.05) is 13.2 Å². The van der Waals surface area contributed by atoms with E-state index in [0.29, 0.717) is 12.5 Å². The molecule has 0 aromatic rings. The largest absolute Gasteiger partial charge is 0.392 e. The molecule has 2 rings (SSSR count). The first-order valence-electron chi connectivity index (χ1n) is 7.41. The van der Waals surface area contributed by atoms with Crippen LogP contribution in [0.25, 0.3) is 0 Å². The van der Waals surface area contributed by atoms with Crippen LogP contribution in [0.1, 0.15) is 38.5 Å². The van der Waals surface area contributed by atoms with Crippen LogP contribution in [0.3, 0.4) is 0 Å². The Morgan fingerprint density at radius 3 is 2.68 bits per heavy atom. The number of aliphatic hydroxyl groups is 1. The Bertz CT molecular complexity index is 403. The van der Waals surface area contributed by atoms with E-state index >= 15 is 0 Å². The number of allylic oxidation sites excluding steroid dienone is 6. The van der Waals surface area contributed by atoms with Crippen LogP contribution >= 0.6 is 0 Å². The van der Waals surface area contributed by atoms with Crippen LogP contribution in [0.15, 0.2) is 47.1 Å². The van der Waals surface area contributed by atoms with E-state index in [1.165, 1.54) is 29.6 Å². The first kappa shape index (κ1) is 14.3. The summed E-state index contributed by atoms with van der Waals surface area (Å²) in [4.78, 5) is 0. The average molecular weight is 259 g/mol. The molecule has 2 nitrogen and oxygen atoms in total. The minimum absolute atomic E-state index is 0.132. The van der Waals surface area contributed by atoms with Crippen LogP contribution in [0.2, 0.25) is 0 Å². The zero-order chi connectivity index (χ0) is 13.5. The van der Waals surface area contributed by atoms with Gasteiger partial charge in [-0.3, -0.25) is 0 Å². The van der Waals surface area contributed by atoms with E-state index in [1.807, 2.05) is 6.08 Å². The topological polar surface area (TPSA) is 46.2 Å². The van der Waals surface area contributed by atoms with Crippen LogP contribution in [0.4, 0.5) is 0 Å². The molecule has 0 bridgehead atoms. The van der Waals surface area contributed by atoms with Gasteiger partial charge in [0.15, 0.2) is 0 Å².